The highest BCUT2D eigenvalue weighted by Crippen LogP contribution is 2.33. The van der Waals surface area contributed by atoms with Crippen LogP contribution in [0.5, 0.6) is 0 Å². The highest BCUT2D eigenvalue weighted by Gasteiger charge is 2.33. The normalized spacial score (nSPS) is 12.9. The molecule has 39 heavy (non-hydrogen) atoms. The van der Waals surface area contributed by atoms with Crippen LogP contribution in [0.1, 0.15) is 32.8 Å². The lowest BCUT2D eigenvalue weighted by atomic mass is 10.1. The molecule has 208 valence electrons. The molecule has 0 heterocycles. The zero-order chi connectivity index (χ0) is 28.7. The molecule has 0 fully saturated rings. The van der Waals surface area contributed by atoms with E-state index in [1.807, 2.05) is 38.1 Å². The topological polar surface area (TPSA) is 86.8 Å². The van der Waals surface area contributed by atoms with Crippen molar-refractivity contribution in [1.82, 2.24) is 10.2 Å². The number of halogens is 3. The lowest BCUT2D eigenvalue weighted by Gasteiger charge is -2.32. The van der Waals surface area contributed by atoms with Gasteiger partial charge in [0, 0.05) is 22.1 Å². The third-order valence-corrected chi connectivity index (χ3v) is 9.02. The molecule has 3 rings (SSSR count). The molecule has 0 saturated carbocycles. The Morgan fingerprint density at radius 2 is 1.67 bits per heavy atom. The summed E-state index contributed by atoms with van der Waals surface area (Å²) in [5, 5.41) is 3.26. The minimum Gasteiger partial charge on any atom is -0.352 e. The number of hydrogen-bond acceptors (Lipinski definition) is 4. The van der Waals surface area contributed by atoms with E-state index < -0.39 is 28.5 Å². The number of anilines is 1. The number of sulfonamides is 1. The molecule has 3 aromatic rings. The molecule has 0 radical (unpaired) electrons. The summed E-state index contributed by atoms with van der Waals surface area (Å²) in [6, 6.07) is 18.5. The Morgan fingerprint density at radius 1 is 0.974 bits per heavy atom. The van der Waals surface area contributed by atoms with E-state index in [1.165, 1.54) is 35.2 Å². The number of carbonyl (C=O) groups is 2. The van der Waals surface area contributed by atoms with Crippen LogP contribution in [-0.4, -0.2) is 43.8 Å². The Morgan fingerprint density at radius 3 is 2.31 bits per heavy atom. The molecule has 3 aromatic carbocycles. The van der Waals surface area contributed by atoms with Gasteiger partial charge in [-0.15, -0.1) is 0 Å². The Kier molecular flexibility index (Phi) is 10.8. The fraction of sp³-hybridized carbons (Fsp3) is 0.286. The average molecular weight is 655 g/mol. The van der Waals surface area contributed by atoms with Crippen molar-refractivity contribution in [3.63, 3.8) is 0 Å². The largest absolute Gasteiger partial charge is 0.352 e. The number of carbonyl (C=O) groups excluding carboxylic acids is 2. The Labute approximate surface area is 248 Å². The van der Waals surface area contributed by atoms with Crippen LogP contribution < -0.4 is 9.62 Å². The van der Waals surface area contributed by atoms with Crippen LogP contribution in [0.25, 0.3) is 0 Å². The standard InChI is InChI=1S/C28H30BrCl2N3O4S/c1-4-19(2)32-28(36)20(3)33(17-21-9-8-10-22(29)15-21)27(35)18-34(26-16-23(30)13-14-25(26)31)39(37,38)24-11-6-5-7-12-24/h5-16,19-20H,4,17-18H2,1-3H3,(H,32,36)/t19-,20+/m1/s1. The first-order valence-electron chi connectivity index (χ1n) is 12.3. The van der Waals surface area contributed by atoms with Crippen molar-refractivity contribution in [2.75, 3.05) is 10.8 Å². The second-order valence-corrected chi connectivity index (χ2v) is 12.7. The van der Waals surface area contributed by atoms with Gasteiger partial charge in [0.2, 0.25) is 11.8 Å². The lowest BCUT2D eigenvalue weighted by molar-refractivity contribution is -0.139. The molecule has 2 amide bonds. The summed E-state index contributed by atoms with van der Waals surface area (Å²) in [7, 11) is -4.24. The number of hydrogen-bond donors (Lipinski definition) is 1. The van der Waals surface area contributed by atoms with Crippen LogP contribution >= 0.6 is 39.1 Å². The molecule has 0 aliphatic heterocycles. The van der Waals surface area contributed by atoms with Crippen molar-refractivity contribution in [1.29, 1.82) is 0 Å². The molecular weight excluding hydrogens is 625 g/mol. The van der Waals surface area contributed by atoms with Gasteiger partial charge in [-0.3, -0.25) is 13.9 Å². The van der Waals surface area contributed by atoms with Crippen molar-refractivity contribution in [2.45, 2.75) is 50.7 Å². The predicted molar refractivity (Wildman–Crippen MR) is 159 cm³/mol. The Bertz CT molecular complexity index is 1420. The van der Waals surface area contributed by atoms with Gasteiger partial charge in [-0.05, 0) is 68.3 Å². The van der Waals surface area contributed by atoms with E-state index in [-0.39, 0.29) is 39.1 Å². The van der Waals surface area contributed by atoms with E-state index >= 15 is 0 Å². The summed E-state index contributed by atoms with van der Waals surface area (Å²) in [4.78, 5) is 28.4. The van der Waals surface area contributed by atoms with Crippen molar-refractivity contribution < 1.29 is 18.0 Å². The van der Waals surface area contributed by atoms with E-state index in [1.54, 1.807) is 25.1 Å². The summed E-state index contributed by atoms with van der Waals surface area (Å²) in [6.07, 6.45) is 0.717. The van der Waals surface area contributed by atoms with Crippen LogP contribution in [0.2, 0.25) is 10.0 Å². The number of rotatable bonds is 11. The summed E-state index contributed by atoms with van der Waals surface area (Å²) in [6.45, 7) is 4.92. The van der Waals surface area contributed by atoms with Gasteiger partial charge in [0.15, 0.2) is 0 Å². The Hall–Kier alpha value is -2.59. The number of benzene rings is 3. The maximum Gasteiger partial charge on any atom is 0.264 e. The van der Waals surface area contributed by atoms with Crippen LogP contribution in [0.15, 0.2) is 82.2 Å². The molecule has 0 bridgehead atoms. The van der Waals surface area contributed by atoms with E-state index in [4.69, 9.17) is 23.2 Å². The third kappa shape index (κ3) is 7.97. The van der Waals surface area contributed by atoms with Gasteiger partial charge >= 0.3 is 0 Å². The zero-order valence-electron chi connectivity index (χ0n) is 21.8. The molecule has 11 heteroatoms. The Balaban J connectivity index is 2.06. The smallest absolute Gasteiger partial charge is 0.264 e. The highest BCUT2D eigenvalue weighted by molar-refractivity contribution is 9.10. The van der Waals surface area contributed by atoms with E-state index in [0.717, 1.165) is 14.3 Å². The molecule has 0 aliphatic carbocycles. The summed E-state index contributed by atoms with van der Waals surface area (Å²) in [5.74, 6) is -0.928. The fourth-order valence-electron chi connectivity index (χ4n) is 3.79. The maximum atomic E-state index is 13.9. The molecule has 0 spiro atoms. The van der Waals surface area contributed by atoms with Crippen LogP contribution in [0, 0.1) is 0 Å². The second-order valence-electron chi connectivity index (χ2n) is 9.07. The first-order valence-corrected chi connectivity index (χ1v) is 15.3. The molecule has 2 atom stereocenters. The van der Waals surface area contributed by atoms with Gasteiger partial charge < -0.3 is 10.2 Å². The van der Waals surface area contributed by atoms with Gasteiger partial charge in [0.05, 0.1) is 15.6 Å². The molecule has 7 nitrogen and oxygen atoms in total. The van der Waals surface area contributed by atoms with Gasteiger partial charge in [0.1, 0.15) is 12.6 Å². The van der Waals surface area contributed by atoms with Crippen molar-refractivity contribution >= 4 is 66.7 Å². The number of amides is 2. The monoisotopic (exact) mass is 653 g/mol. The molecular formula is C28H30BrCl2N3O4S. The second kappa shape index (κ2) is 13.7. The lowest BCUT2D eigenvalue weighted by Crippen LogP contribution is -2.52. The van der Waals surface area contributed by atoms with E-state index in [2.05, 4.69) is 21.2 Å². The molecule has 0 saturated heterocycles. The number of nitrogens with one attached hydrogen (secondary N) is 1. The average Bonchev–Trinajstić information content (AvgIpc) is 2.91. The van der Waals surface area contributed by atoms with Crippen LogP contribution in [0.4, 0.5) is 5.69 Å². The molecule has 1 N–H and O–H groups in total. The molecule has 0 unspecified atom stereocenters. The zero-order valence-corrected chi connectivity index (χ0v) is 25.7. The summed E-state index contributed by atoms with van der Waals surface area (Å²) < 4.78 is 29.4. The summed E-state index contributed by atoms with van der Waals surface area (Å²) >= 11 is 16.1. The fourth-order valence-corrected chi connectivity index (χ4v) is 6.12. The van der Waals surface area contributed by atoms with Crippen molar-refractivity contribution in [3.8, 4) is 0 Å². The maximum absolute atomic E-state index is 13.9. The van der Waals surface area contributed by atoms with Crippen molar-refractivity contribution in [2.24, 2.45) is 0 Å². The van der Waals surface area contributed by atoms with Crippen LogP contribution in [0.3, 0.4) is 0 Å². The van der Waals surface area contributed by atoms with Crippen LogP contribution in [-0.2, 0) is 26.2 Å². The van der Waals surface area contributed by atoms with Gasteiger partial charge in [0.25, 0.3) is 10.0 Å². The number of nitrogens with zero attached hydrogens (tertiary/aromatic N) is 2. The molecule has 0 aromatic heterocycles. The first-order chi connectivity index (χ1) is 18.4. The quantitative estimate of drug-likeness (QED) is 0.264. The van der Waals surface area contributed by atoms with Gasteiger partial charge in [-0.2, -0.15) is 0 Å². The first kappa shape index (κ1) is 30.9. The van der Waals surface area contributed by atoms with E-state index in [0.29, 0.717) is 6.42 Å². The third-order valence-electron chi connectivity index (χ3n) is 6.20. The minimum absolute atomic E-state index is 0.0186. The summed E-state index contributed by atoms with van der Waals surface area (Å²) in [5.41, 5.74) is 0.819. The van der Waals surface area contributed by atoms with Gasteiger partial charge in [-0.1, -0.05) is 76.4 Å². The SMILES string of the molecule is CC[C@@H](C)NC(=O)[C@H](C)N(Cc1cccc(Br)c1)C(=O)CN(c1cc(Cl)ccc1Cl)S(=O)(=O)c1ccccc1. The minimum atomic E-state index is -4.24. The van der Waals surface area contributed by atoms with Crippen molar-refractivity contribution in [3.05, 3.63) is 92.9 Å². The van der Waals surface area contributed by atoms with E-state index in [9.17, 15) is 18.0 Å². The van der Waals surface area contributed by atoms with Gasteiger partial charge in [-0.25, -0.2) is 8.42 Å². The molecule has 0 aliphatic rings. The predicted octanol–water partition coefficient (Wildman–Crippen LogP) is 6.28. The highest BCUT2D eigenvalue weighted by atomic mass is 79.9.